The highest BCUT2D eigenvalue weighted by atomic mass is 16.4. The average Bonchev–Trinajstić information content (AvgIpc) is 2.33. The third-order valence-corrected chi connectivity index (χ3v) is 2.80. The van der Waals surface area contributed by atoms with Crippen molar-refractivity contribution < 1.29 is 15.0 Å². The van der Waals surface area contributed by atoms with E-state index in [0.717, 1.165) is 6.42 Å². The highest BCUT2D eigenvalue weighted by Gasteiger charge is 2.11. The van der Waals surface area contributed by atoms with Gasteiger partial charge in [0, 0.05) is 18.3 Å². The topological polar surface area (TPSA) is 82.5 Å². The van der Waals surface area contributed by atoms with Gasteiger partial charge in [-0.05, 0) is 31.4 Å². The van der Waals surface area contributed by atoms with Gasteiger partial charge in [-0.1, -0.05) is 13.8 Å². The van der Waals surface area contributed by atoms with Crippen LogP contribution in [0, 0.1) is 12.8 Å². The number of rotatable bonds is 7. The Labute approximate surface area is 113 Å². The smallest absolute Gasteiger partial charge is 0.335 e. The van der Waals surface area contributed by atoms with Crippen molar-refractivity contribution >= 4 is 5.97 Å². The maximum Gasteiger partial charge on any atom is 0.335 e. The predicted molar refractivity (Wildman–Crippen MR) is 73.1 cm³/mol. The van der Waals surface area contributed by atoms with E-state index in [1.807, 2.05) is 0 Å². The molecule has 1 aromatic rings. The third kappa shape index (κ3) is 5.36. The molecule has 1 rings (SSSR count). The van der Waals surface area contributed by atoms with Crippen molar-refractivity contribution in [1.29, 1.82) is 0 Å². The van der Waals surface area contributed by atoms with Gasteiger partial charge in [0.1, 0.15) is 0 Å². The molecule has 0 aliphatic carbocycles. The molecule has 1 aromatic heterocycles. The first-order valence-corrected chi connectivity index (χ1v) is 6.47. The SMILES string of the molecule is Cc1cc(C(=O)O)cc(CN[C@H](CO)CC(C)C)n1. The third-order valence-electron chi connectivity index (χ3n) is 2.80. The summed E-state index contributed by atoms with van der Waals surface area (Å²) in [5.74, 6) is -0.461. The molecular weight excluding hydrogens is 244 g/mol. The van der Waals surface area contributed by atoms with Crippen molar-refractivity contribution in [3.8, 4) is 0 Å². The second kappa shape index (κ2) is 7.21. The molecule has 5 nitrogen and oxygen atoms in total. The number of nitrogens with one attached hydrogen (secondary N) is 1. The van der Waals surface area contributed by atoms with E-state index in [1.165, 1.54) is 0 Å². The molecule has 5 heteroatoms. The number of aromatic carboxylic acids is 1. The van der Waals surface area contributed by atoms with Crippen molar-refractivity contribution in [3.05, 3.63) is 29.1 Å². The zero-order chi connectivity index (χ0) is 14.4. The van der Waals surface area contributed by atoms with Crippen molar-refractivity contribution in [3.63, 3.8) is 0 Å². The van der Waals surface area contributed by atoms with E-state index in [0.29, 0.717) is 23.9 Å². The molecule has 0 aliphatic rings. The predicted octanol–water partition coefficient (Wildman–Crippen LogP) is 1.58. The molecular formula is C14H22N2O3. The maximum absolute atomic E-state index is 11.0. The molecule has 0 amide bonds. The lowest BCUT2D eigenvalue weighted by atomic mass is 10.0. The van der Waals surface area contributed by atoms with E-state index in [2.05, 4.69) is 24.1 Å². The summed E-state index contributed by atoms with van der Waals surface area (Å²) in [6.45, 7) is 6.48. The van der Waals surface area contributed by atoms with Gasteiger partial charge in [-0.25, -0.2) is 4.79 Å². The number of aliphatic hydroxyl groups is 1. The quantitative estimate of drug-likeness (QED) is 0.698. The molecule has 0 spiro atoms. The van der Waals surface area contributed by atoms with E-state index in [-0.39, 0.29) is 18.2 Å². The van der Waals surface area contributed by atoms with E-state index < -0.39 is 5.97 Å². The summed E-state index contributed by atoms with van der Waals surface area (Å²) >= 11 is 0. The van der Waals surface area contributed by atoms with Crippen LogP contribution in [0.3, 0.4) is 0 Å². The first-order valence-electron chi connectivity index (χ1n) is 6.47. The average molecular weight is 266 g/mol. The van der Waals surface area contributed by atoms with Crippen molar-refractivity contribution in [2.24, 2.45) is 5.92 Å². The minimum absolute atomic E-state index is 0.00981. The van der Waals surface area contributed by atoms with Crippen LogP contribution < -0.4 is 5.32 Å². The van der Waals surface area contributed by atoms with Crippen molar-refractivity contribution in [2.75, 3.05) is 6.61 Å². The van der Waals surface area contributed by atoms with Gasteiger partial charge in [0.15, 0.2) is 0 Å². The van der Waals surface area contributed by atoms with Crippen molar-refractivity contribution in [1.82, 2.24) is 10.3 Å². The Morgan fingerprint density at radius 3 is 2.63 bits per heavy atom. The minimum atomic E-state index is -0.951. The van der Waals surface area contributed by atoms with Gasteiger partial charge < -0.3 is 15.5 Å². The zero-order valence-electron chi connectivity index (χ0n) is 11.7. The van der Waals surface area contributed by atoms with Gasteiger partial charge in [-0.2, -0.15) is 0 Å². The molecule has 3 N–H and O–H groups in total. The summed E-state index contributed by atoms with van der Waals surface area (Å²) in [5, 5.41) is 21.5. The number of pyridine rings is 1. The molecule has 1 atom stereocenters. The number of aromatic nitrogens is 1. The molecule has 0 aliphatic heterocycles. The maximum atomic E-state index is 11.0. The molecule has 0 radical (unpaired) electrons. The van der Waals surface area contributed by atoms with Crippen LogP contribution in [-0.2, 0) is 6.54 Å². The molecule has 0 unspecified atom stereocenters. The van der Waals surface area contributed by atoms with Crippen LogP contribution in [-0.4, -0.2) is 33.8 Å². The number of nitrogens with zero attached hydrogens (tertiary/aromatic N) is 1. The van der Waals surface area contributed by atoms with Gasteiger partial charge in [0.05, 0.1) is 17.9 Å². The highest BCUT2D eigenvalue weighted by molar-refractivity contribution is 5.87. The molecule has 0 aromatic carbocycles. The summed E-state index contributed by atoms with van der Waals surface area (Å²) in [6, 6.07) is 3.12. The fourth-order valence-electron chi connectivity index (χ4n) is 1.99. The summed E-state index contributed by atoms with van der Waals surface area (Å²) in [6.07, 6.45) is 0.869. The zero-order valence-corrected chi connectivity index (χ0v) is 11.7. The number of carbonyl (C=O) groups is 1. The largest absolute Gasteiger partial charge is 0.478 e. The summed E-state index contributed by atoms with van der Waals surface area (Å²) < 4.78 is 0. The van der Waals surface area contributed by atoms with Crippen LogP contribution in [0.15, 0.2) is 12.1 Å². The molecule has 106 valence electrons. The van der Waals surface area contributed by atoms with Crippen LogP contribution in [0.4, 0.5) is 0 Å². The van der Waals surface area contributed by atoms with E-state index in [9.17, 15) is 9.90 Å². The first kappa shape index (κ1) is 15.6. The Bertz CT molecular complexity index is 433. The summed E-state index contributed by atoms with van der Waals surface area (Å²) in [5.41, 5.74) is 1.61. The number of carboxylic acids is 1. The normalized spacial score (nSPS) is 12.7. The van der Waals surface area contributed by atoms with Crippen molar-refractivity contribution in [2.45, 2.75) is 39.8 Å². The molecule has 19 heavy (non-hydrogen) atoms. The Balaban J connectivity index is 2.68. The lowest BCUT2D eigenvalue weighted by Gasteiger charge is -2.18. The second-order valence-corrected chi connectivity index (χ2v) is 5.18. The Morgan fingerprint density at radius 1 is 1.42 bits per heavy atom. The van der Waals surface area contributed by atoms with Crippen LogP contribution >= 0.6 is 0 Å². The molecule has 0 bridgehead atoms. The van der Waals surface area contributed by atoms with Crippen LogP contribution in [0.25, 0.3) is 0 Å². The number of hydrogen-bond donors (Lipinski definition) is 3. The van der Waals surface area contributed by atoms with E-state index in [1.54, 1.807) is 19.1 Å². The van der Waals surface area contributed by atoms with Crippen LogP contribution in [0.1, 0.15) is 42.0 Å². The van der Waals surface area contributed by atoms with Gasteiger partial charge in [-0.15, -0.1) is 0 Å². The lowest BCUT2D eigenvalue weighted by Crippen LogP contribution is -2.33. The molecule has 1 heterocycles. The Kier molecular flexibility index (Phi) is 5.92. The van der Waals surface area contributed by atoms with Gasteiger partial charge in [0.25, 0.3) is 0 Å². The van der Waals surface area contributed by atoms with E-state index >= 15 is 0 Å². The monoisotopic (exact) mass is 266 g/mol. The number of carboxylic acid groups (broad SMARTS) is 1. The molecule has 0 saturated carbocycles. The fourth-order valence-corrected chi connectivity index (χ4v) is 1.99. The first-order chi connectivity index (χ1) is 8.92. The van der Waals surface area contributed by atoms with Crippen LogP contribution in [0.5, 0.6) is 0 Å². The minimum Gasteiger partial charge on any atom is -0.478 e. The lowest BCUT2D eigenvalue weighted by molar-refractivity contribution is 0.0696. The number of aliphatic hydroxyl groups excluding tert-OH is 1. The van der Waals surface area contributed by atoms with Gasteiger partial charge in [0.2, 0.25) is 0 Å². The van der Waals surface area contributed by atoms with Gasteiger partial charge >= 0.3 is 5.97 Å². The summed E-state index contributed by atoms with van der Waals surface area (Å²) in [7, 11) is 0. The molecule has 0 fully saturated rings. The second-order valence-electron chi connectivity index (χ2n) is 5.18. The number of aryl methyl sites for hydroxylation is 1. The fraction of sp³-hybridized carbons (Fsp3) is 0.571. The van der Waals surface area contributed by atoms with Gasteiger partial charge in [-0.3, -0.25) is 4.98 Å². The highest BCUT2D eigenvalue weighted by Crippen LogP contribution is 2.08. The van der Waals surface area contributed by atoms with E-state index in [4.69, 9.17) is 5.11 Å². The standard InChI is InChI=1S/C14H22N2O3/c1-9(2)4-13(8-17)15-7-12-6-11(14(18)19)5-10(3)16-12/h5-6,9,13,15,17H,4,7-8H2,1-3H3,(H,18,19)/t13-/m0/s1. The number of hydrogen-bond acceptors (Lipinski definition) is 4. The Morgan fingerprint density at radius 2 is 2.11 bits per heavy atom. The summed E-state index contributed by atoms with van der Waals surface area (Å²) in [4.78, 5) is 15.3. The molecule has 0 saturated heterocycles. The van der Waals surface area contributed by atoms with Crippen LogP contribution in [0.2, 0.25) is 0 Å². The Hall–Kier alpha value is -1.46.